The summed E-state index contributed by atoms with van der Waals surface area (Å²) in [5, 5.41) is 3.38. The number of benzene rings is 2. The van der Waals surface area contributed by atoms with Crippen LogP contribution in [-0.2, 0) is 21.2 Å². The van der Waals surface area contributed by atoms with Gasteiger partial charge in [0.05, 0.1) is 10.3 Å². The number of nitrogens with zero attached hydrogens (tertiary/aromatic N) is 2. The minimum Gasteiger partial charge on any atom is -0.324 e. The molecule has 2 aromatic carbocycles. The number of halogens is 1. The first kappa shape index (κ1) is 23.7. The lowest BCUT2D eigenvalue weighted by molar-refractivity contribution is -0.116. The van der Waals surface area contributed by atoms with Crippen LogP contribution in [0, 0.1) is 20.8 Å². The van der Waals surface area contributed by atoms with E-state index in [1.165, 1.54) is 29.0 Å². The third-order valence-electron chi connectivity index (χ3n) is 5.44. The molecule has 2 aromatic heterocycles. The smallest absolute Gasteiger partial charge is 0.244 e. The summed E-state index contributed by atoms with van der Waals surface area (Å²) in [6.45, 7) is 5.17. The number of aryl methyl sites for hydroxylation is 3. The molecular formula is C25H22ClN3O4S. The van der Waals surface area contributed by atoms with Crippen molar-refractivity contribution < 1.29 is 13.2 Å². The van der Waals surface area contributed by atoms with E-state index in [1.807, 2.05) is 13.8 Å². The van der Waals surface area contributed by atoms with E-state index in [4.69, 9.17) is 11.6 Å². The molecule has 4 aromatic rings. The number of carbonyl (C=O) groups excluding carboxylic acids is 1. The third kappa shape index (κ3) is 4.60. The van der Waals surface area contributed by atoms with E-state index in [0.29, 0.717) is 16.4 Å². The average molecular weight is 496 g/mol. The molecular weight excluding hydrogens is 474 g/mol. The van der Waals surface area contributed by atoms with Crippen LogP contribution in [0.4, 0.5) is 5.69 Å². The first-order valence-electron chi connectivity index (χ1n) is 10.4. The van der Waals surface area contributed by atoms with Crippen molar-refractivity contribution in [2.75, 3.05) is 5.32 Å². The molecule has 4 rings (SSSR count). The van der Waals surface area contributed by atoms with Gasteiger partial charge in [-0.1, -0.05) is 35.4 Å². The van der Waals surface area contributed by atoms with Crippen molar-refractivity contribution in [2.45, 2.75) is 37.1 Å². The molecule has 0 saturated carbocycles. The number of anilines is 1. The van der Waals surface area contributed by atoms with Crippen molar-refractivity contribution in [3.8, 4) is 0 Å². The maximum Gasteiger partial charge on any atom is 0.244 e. The summed E-state index contributed by atoms with van der Waals surface area (Å²) < 4.78 is 28.1. The van der Waals surface area contributed by atoms with Crippen molar-refractivity contribution in [3.05, 3.63) is 92.9 Å². The number of aromatic nitrogens is 2. The number of pyridine rings is 2. The van der Waals surface area contributed by atoms with Crippen LogP contribution < -0.4 is 10.7 Å². The molecule has 0 aliphatic carbocycles. The van der Waals surface area contributed by atoms with Crippen LogP contribution in [0.15, 0.2) is 75.4 Å². The van der Waals surface area contributed by atoms with Crippen LogP contribution in [0.3, 0.4) is 0 Å². The molecule has 0 fully saturated rings. The van der Waals surface area contributed by atoms with Gasteiger partial charge in [0.1, 0.15) is 17.1 Å². The Morgan fingerprint density at radius 2 is 1.74 bits per heavy atom. The fraction of sp³-hybridized carbons (Fsp3) is 0.160. The maximum atomic E-state index is 13.3. The van der Waals surface area contributed by atoms with Gasteiger partial charge in [-0.2, -0.15) is 0 Å². The number of fused-ring (bicyclic) bond motifs is 1. The molecule has 0 atom stereocenters. The van der Waals surface area contributed by atoms with Crippen LogP contribution in [0.1, 0.15) is 16.8 Å². The molecule has 7 nitrogen and oxygen atoms in total. The molecule has 0 spiro atoms. The predicted octanol–water partition coefficient (Wildman–Crippen LogP) is 4.45. The van der Waals surface area contributed by atoms with Gasteiger partial charge < -0.3 is 9.88 Å². The van der Waals surface area contributed by atoms with Gasteiger partial charge in [0.2, 0.25) is 21.2 Å². The molecule has 1 amide bonds. The van der Waals surface area contributed by atoms with Crippen LogP contribution in [0.5, 0.6) is 0 Å². The number of amides is 1. The second-order valence-electron chi connectivity index (χ2n) is 8.10. The Labute approximate surface area is 202 Å². The SMILES string of the molecule is Cc1ccc(S(=O)(=O)c2cn(CC(=O)Nc3cc(Cl)ccc3C)c3nc(C)ccc3c2=O)cc1. The zero-order chi connectivity index (χ0) is 24.6. The van der Waals surface area contributed by atoms with E-state index in [-0.39, 0.29) is 22.5 Å². The highest BCUT2D eigenvalue weighted by Gasteiger charge is 2.25. The van der Waals surface area contributed by atoms with Gasteiger partial charge in [0.25, 0.3) is 0 Å². The first-order valence-corrected chi connectivity index (χ1v) is 12.3. The summed E-state index contributed by atoms with van der Waals surface area (Å²) in [4.78, 5) is 30.1. The second kappa shape index (κ2) is 9.04. The van der Waals surface area contributed by atoms with E-state index in [1.54, 1.807) is 43.3 Å². The quantitative estimate of drug-likeness (QED) is 0.441. The number of rotatable bonds is 5. The van der Waals surface area contributed by atoms with Crippen molar-refractivity contribution >= 4 is 44.1 Å². The van der Waals surface area contributed by atoms with Gasteiger partial charge in [0.15, 0.2) is 0 Å². The Morgan fingerprint density at radius 1 is 1.03 bits per heavy atom. The van der Waals surface area contributed by atoms with Gasteiger partial charge in [-0.15, -0.1) is 0 Å². The first-order chi connectivity index (χ1) is 16.1. The van der Waals surface area contributed by atoms with Crippen LogP contribution in [0.25, 0.3) is 11.0 Å². The second-order valence-corrected chi connectivity index (χ2v) is 10.5. The van der Waals surface area contributed by atoms with Crippen LogP contribution in [0.2, 0.25) is 5.02 Å². The number of carbonyl (C=O) groups is 1. The Balaban J connectivity index is 1.83. The summed E-state index contributed by atoms with van der Waals surface area (Å²) in [7, 11) is -4.13. The molecule has 0 unspecified atom stereocenters. The molecule has 0 saturated heterocycles. The van der Waals surface area contributed by atoms with E-state index >= 15 is 0 Å². The standard InChI is InChI=1S/C25H22ClN3O4S/c1-15-4-9-19(10-5-15)34(32,33)22-13-29(25-20(24(22)31)11-7-17(3)27-25)14-23(30)28-21-12-18(26)8-6-16(21)2/h4-13H,14H2,1-3H3,(H,28,30). The molecule has 1 N–H and O–H groups in total. The zero-order valence-corrected chi connectivity index (χ0v) is 20.4. The lowest BCUT2D eigenvalue weighted by Crippen LogP contribution is -2.24. The van der Waals surface area contributed by atoms with E-state index < -0.39 is 26.1 Å². The number of sulfone groups is 1. The van der Waals surface area contributed by atoms with Crippen molar-refractivity contribution in [1.29, 1.82) is 0 Å². The molecule has 174 valence electrons. The molecule has 9 heteroatoms. The Kier molecular flexibility index (Phi) is 6.29. The van der Waals surface area contributed by atoms with Gasteiger partial charge >= 0.3 is 0 Å². The molecule has 0 bridgehead atoms. The van der Waals surface area contributed by atoms with Gasteiger partial charge in [-0.05, 0) is 62.7 Å². The van der Waals surface area contributed by atoms with Gasteiger partial charge in [-0.3, -0.25) is 9.59 Å². The Hall–Kier alpha value is -3.49. The predicted molar refractivity (Wildman–Crippen MR) is 132 cm³/mol. The molecule has 0 aliphatic heterocycles. The summed E-state index contributed by atoms with van der Waals surface area (Å²) in [5.41, 5.74) is 2.44. The van der Waals surface area contributed by atoms with Crippen LogP contribution >= 0.6 is 11.6 Å². The fourth-order valence-corrected chi connectivity index (χ4v) is 5.10. The number of hydrogen-bond donors (Lipinski definition) is 1. The zero-order valence-electron chi connectivity index (χ0n) is 18.8. The monoisotopic (exact) mass is 495 g/mol. The molecule has 34 heavy (non-hydrogen) atoms. The molecule has 0 radical (unpaired) electrons. The fourth-order valence-electron chi connectivity index (χ4n) is 3.56. The van der Waals surface area contributed by atoms with Gasteiger partial charge in [-0.25, -0.2) is 13.4 Å². The van der Waals surface area contributed by atoms with Crippen molar-refractivity contribution in [3.63, 3.8) is 0 Å². The normalized spacial score (nSPS) is 11.5. The highest BCUT2D eigenvalue weighted by Crippen LogP contribution is 2.23. The highest BCUT2D eigenvalue weighted by atomic mass is 35.5. The Bertz CT molecular complexity index is 1590. The van der Waals surface area contributed by atoms with E-state index in [0.717, 1.165) is 11.1 Å². The van der Waals surface area contributed by atoms with Crippen molar-refractivity contribution in [1.82, 2.24) is 9.55 Å². The highest BCUT2D eigenvalue weighted by molar-refractivity contribution is 7.91. The van der Waals surface area contributed by atoms with E-state index in [9.17, 15) is 18.0 Å². The topological polar surface area (TPSA) is 98.1 Å². The van der Waals surface area contributed by atoms with E-state index in [2.05, 4.69) is 10.3 Å². The van der Waals surface area contributed by atoms with Crippen molar-refractivity contribution in [2.24, 2.45) is 0 Å². The largest absolute Gasteiger partial charge is 0.324 e. The van der Waals surface area contributed by atoms with Crippen LogP contribution in [-0.4, -0.2) is 23.9 Å². The molecule has 2 heterocycles. The minimum atomic E-state index is -4.13. The number of nitrogens with one attached hydrogen (secondary N) is 1. The summed E-state index contributed by atoms with van der Waals surface area (Å²) >= 11 is 6.04. The maximum absolute atomic E-state index is 13.3. The summed E-state index contributed by atoms with van der Waals surface area (Å²) in [5.74, 6) is -0.419. The van der Waals surface area contributed by atoms with Gasteiger partial charge in [0, 0.05) is 22.6 Å². The summed E-state index contributed by atoms with van der Waals surface area (Å²) in [6, 6.07) is 14.5. The minimum absolute atomic E-state index is 0.000162. The average Bonchev–Trinajstić information content (AvgIpc) is 2.78. The Morgan fingerprint density at radius 3 is 2.44 bits per heavy atom. The summed E-state index contributed by atoms with van der Waals surface area (Å²) in [6.07, 6.45) is 1.19. The lowest BCUT2D eigenvalue weighted by atomic mass is 10.2. The number of hydrogen-bond acceptors (Lipinski definition) is 5. The molecule has 0 aliphatic rings. The third-order valence-corrected chi connectivity index (χ3v) is 7.43. The lowest BCUT2D eigenvalue weighted by Gasteiger charge is -2.14.